The summed E-state index contributed by atoms with van der Waals surface area (Å²) in [6, 6.07) is 1.51. The fourth-order valence-electron chi connectivity index (χ4n) is 5.98. The second-order valence-electron chi connectivity index (χ2n) is 9.02. The summed E-state index contributed by atoms with van der Waals surface area (Å²) >= 11 is 0. The van der Waals surface area contributed by atoms with Crippen LogP contribution in [-0.2, 0) is 4.74 Å². The van der Waals surface area contributed by atoms with Gasteiger partial charge in [-0.25, -0.2) is 4.79 Å². The highest BCUT2D eigenvalue weighted by molar-refractivity contribution is 5.78. The number of urea groups is 1. The van der Waals surface area contributed by atoms with E-state index < -0.39 is 0 Å². The van der Waals surface area contributed by atoms with E-state index in [1.807, 2.05) is 0 Å². The molecule has 8 heteroatoms. The Hall–Kier alpha value is -0.930. The molecule has 2 bridgehead atoms. The van der Waals surface area contributed by atoms with Crippen LogP contribution in [0.4, 0.5) is 4.79 Å². The van der Waals surface area contributed by atoms with Gasteiger partial charge in [-0.1, -0.05) is 0 Å². The minimum Gasteiger partial charge on any atom is -0.373 e. The second-order valence-corrected chi connectivity index (χ2v) is 9.02. The molecule has 5 fully saturated rings. The van der Waals surface area contributed by atoms with Gasteiger partial charge in [0.15, 0.2) is 0 Å². The van der Waals surface area contributed by atoms with Crippen molar-refractivity contribution in [1.29, 1.82) is 0 Å². The van der Waals surface area contributed by atoms with Crippen LogP contribution in [0.25, 0.3) is 0 Å². The van der Waals surface area contributed by atoms with E-state index in [1.54, 1.807) is 0 Å². The van der Waals surface area contributed by atoms with Crippen molar-refractivity contribution in [3.63, 3.8) is 0 Å². The summed E-state index contributed by atoms with van der Waals surface area (Å²) in [5.41, 5.74) is 0. The van der Waals surface area contributed by atoms with Gasteiger partial charge in [-0.15, -0.1) is 0 Å². The minimum absolute atomic E-state index is 0.00568. The molecule has 0 aromatic carbocycles. The van der Waals surface area contributed by atoms with Gasteiger partial charge in [-0.2, -0.15) is 0 Å². The predicted molar refractivity (Wildman–Crippen MR) is 102 cm³/mol. The summed E-state index contributed by atoms with van der Waals surface area (Å²) in [4.78, 5) is 17.5. The first kappa shape index (κ1) is 18.1. The van der Waals surface area contributed by atoms with E-state index in [-0.39, 0.29) is 36.6 Å². The van der Waals surface area contributed by atoms with Gasteiger partial charge in [-0.05, 0) is 59.2 Å². The Bertz CT molecular complexity index is 576. The summed E-state index contributed by atoms with van der Waals surface area (Å²) in [5, 5.41) is 14.2. The third-order valence-electron chi connectivity index (χ3n) is 7.38. The van der Waals surface area contributed by atoms with Crippen LogP contribution >= 0.6 is 0 Å². The molecule has 0 aromatic rings. The van der Waals surface area contributed by atoms with Crippen LogP contribution in [0.1, 0.15) is 39.0 Å². The molecule has 0 aromatic heterocycles. The number of ether oxygens (including phenoxy) is 1. The molecule has 27 heavy (non-hydrogen) atoms. The molecule has 8 nitrogen and oxygen atoms in total. The van der Waals surface area contributed by atoms with Crippen molar-refractivity contribution < 1.29 is 9.53 Å². The largest absolute Gasteiger partial charge is 0.373 e. The van der Waals surface area contributed by atoms with Gasteiger partial charge in [0.2, 0.25) is 0 Å². The summed E-state index contributed by atoms with van der Waals surface area (Å²) in [5.74, 6) is 0. The Labute approximate surface area is 161 Å². The van der Waals surface area contributed by atoms with Gasteiger partial charge in [-0.3, -0.25) is 10.6 Å². The van der Waals surface area contributed by atoms with Crippen molar-refractivity contribution in [2.45, 2.75) is 87.7 Å². The minimum atomic E-state index is -0.00568. The molecule has 5 heterocycles. The van der Waals surface area contributed by atoms with E-state index in [2.05, 4.69) is 45.0 Å². The molecule has 152 valence electrons. The second kappa shape index (κ2) is 7.15. The van der Waals surface area contributed by atoms with Gasteiger partial charge in [0.25, 0.3) is 0 Å². The lowest BCUT2D eigenvalue weighted by Crippen LogP contribution is -2.71. The van der Waals surface area contributed by atoms with Gasteiger partial charge in [0.05, 0.1) is 24.4 Å². The average molecular weight is 379 g/mol. The monoisotopic (exact) mass is 378 g/mol. The maximum absolute atomic E-state index is 12.9. The number of amides is 2. The first-order valence-corrected chi connectivity index (χ1v) is 10.8. The molecule has 2 amide bonds. The van der Waals surface area contributed by atoms with Gasteiger partial charge >= 0.3 is 6.03 Å². The van der Waals surface area contributed by atoms with Gasteiger partial charge in [0, 0.05) is 24.7 Å². The van der Waals surface area contributed by atoms with Crippen LogP contribution in [0.2, 0.25) is 0 Å². The highest BCUT2D eigenvalue weighted by atomic mass is 16.5. The number of piperidine rings is 3. The molecule has 0 radical (unpaired) electrons. The van der Waals surface area contributed by atoms with Crippen LogP contribution in [0, 0.1) is 0 Å². The molecule has 8 atom stereocenters. The topological polar surface area (TPSA) is 80.9 Å². The van der Waals surface area contributed by atoms with E-state index in [4.69, 9.17) is 4.74 Å². The molecule has 0 saturated carbocycles. The van der Waals surface area contributed by atoms with Crippen molar-refractivity contribution in [2.75, 3.05) is 26.7 Å². The Balaban J connectivity index is 1.48. The number of hydrogen-bond donors (Lipinski definition) is 4. The van der Waals surface area contributed by atoms with Crippen LogP contribution in [0.3, 0.4) is 0 Å². The lowest BCUT2D eigenvalue weighted by Gasteiger charge is -2.51. The van der Waals surface area contributed by atoms with Crippen LogP contribution in [0.5, 0.6) is 0 Å². The zero-order chi connectivity index (χ0) is 18.5. The number of nitrogens with zero attached hydrogens (tertiary/aromatic N) is 2. The number of nitrogens with one attached hydrogen (secondary N) is 4. The van der Waals surface area contributed by atoms with E-state index in [1.165, 1.54) is 0 Å². The summed E-state index contributed by atoms with van der Waals surface area (Å²) in [6.45, 7) is 5.22. The van der Waals surface area contributed by atoms with E-state index in [9.17, 15) is 4.79 Å². The fraction of sp³-hybridized carbons (Fsp3) is 0.947. The number of hydrogen-bond acceptors (Lipinski definition) is 6. The molecule has 0 spiro atoms. The molecule has 0 aliphatic carbocycles. The van der Waals surface area contributed by atoms with Crippen molar-refractivity contribution in [2.24, 2.45) is 0 Å². The molecule has 5 aliphatic rings. The molecule has 5 aliphatic heterocycles. The van der Waals surface area contributed by atoms with E-state index in [0.717, 1.165) is 51.7 Å². The van der Waals surface area contributed by atoms with Crippen molar-refractivity contribution in [1.82, 2.24) is 31.1 Å². The third kappa shape index (κ3) is 3.15. The summed E-state index contributed by atoms with van der Waals surface area (Å²) in [7, 11) is 2.25. The number of rotatable bonds is 0. The normalized spacial score (nSPS) is 48.2. The SMILES string of the molecule is C[C@@H]1CCN(C)C2CCNC3CCC(NC32)N2C(=O)NC3NCCC(O1)C32. The Morgan fingerprint density at radius 3 is 2.81 bits per heavy atom. The Morgan fingerprint density at radius 2 is 1.93 bits per heavy atom. The number of carbonyl (C=O) groups is 1. The highest BCUT2D eigenvalue weighted by Crippen LogP contribution is 2.32. The lowest BCUT2D eigenvalue weighted by molar-refractivity contribution is -0.0813. The molecule has 5 rings (SSSR count). The van der Waals surface area contributed by atoms with Gasteiger partial charge < -0.3 is 25.2 Å². The lowest BCUT2D eigenvalue weighted by atomic mass is 9.84. The van der Waals surface area contributed by atoms with Gasteiger partial charge in [0.1, 0.15) is 6.17 Å². The smallest absolute Gasteiger partial charge is 0.320 e. The van der Waals surface area contributed by atoms with Crippen molar-refractivity contribution in [3.8, 4) is 0 Å². The number of likely N-dealkylation sites (N-methyl/N-ethyl adjacent to an activating group) is 1. The zero-order valence-corrected chi connectivity index (χ0v) is 16.5. The van der Waals surface area contributed by atoms with Crippen molar-refractivity contribution >= 4 is 6.03 Å². The maximum atomic E-state index is 12.9. The third-order valence-corrected chi connectivity index (χ3v) is 7.38. The zero-order valence-electron chi connectivity index (χ0n) is 16.5. The molecular formula is C19H34N6O2. The molecule has 4 N–H and O–H groups in total. The van der Waals surface area contributed by atoms with E-state index in [0.29, 0.717) is 18.1 Å². The van der Waals surface area contributed by atoms with E-state index >= 15 is 0 Å². The number of carbonyl (C=O) groups excluding carboxylic acids is 1. The summed E-state index contributed by atoms with van der Waals surface area (Å²) in [6.07, 6.45) is 5.61. The van der Waals surface area contributed by atoms with Crippen LogP contribution in [0.15, 0.2) is 0 Å². The maximum Gasteiger partial charge on any atom is 0.320 e. The van der Waals surface area contributed by atoms with Crippen molar-refractivity contribution in [3.05, 3.63) is 0 Å². The molecule has 7 unspecified atom stereocenters. The number of fused-ring (bicyclic) bond motifs is 2. The van der Waals surface area contributed by atoms with Crippen LogP contribution in [-0.4, -0.2) is 91.2 Å². The first-order valence-electron chi connectivity index (χ1n) is 10.8. The Kier molecular flexibility index (Phi) is 4.80. The average Bonchev–Trinajstić information content (AvgIpc) is 3.01. The molecule has 5 saturated heterocycles. The fourth-order valence-corrected chi connectivity index (χ4v) is 5.98. The summed E-state index contributed by atoms with van der Waals surface area (Å²) < 4.78 is 6.51. The highest BCUT2D eigenvalue weighted by Gasteiger charge is 2.52. The predicted octanol–water partition coefficient (Wildman–Crippen LogP) is -0.383. The standard InChI is InChI=1S/C19H34N6O2/c1-11-7-10-24(2)13-5-8-20-12-3-4-15(22-16(12)13)25-17-14(27-11)6-9-21-18(17)23-19(25)26/h11-18,20-22H,3-10H2,1-2H3,(H,23,26)/t11-,12?,13?,14?,15?,16?,17?,18?/m1/s1. The van der Waals surface area contributed by atoms with Crippen LogP contribution < -0.4 is 21.3 Å². The molecular weight excluding hydrogens is 344 g/mol. The quantitative estimate of drug-likeness (QED) is 0.460. The Morgan fingerprint density at radius 1 is 1.07 bits per heavy atom. The first-order chi connectivity index (χ1) is 13.1.